The number of hydrogen-bond donors (Lipinski definition) is 1. The van der Waals surface area contributed by atoms with Crippen LogP contribution in [-0.4, -0.2) is 44.3 Å². The van der Waals surface area contributed by atoms with Gasteiger partial charge in [0.2, 0.25) is 15.9 Å². The van der Waals surface area contributed by atoms with Gasteiger partial charge in [-0.25, -0.2) is 13.2 Å². The Morgan fingerprint density at radius 1 is 1.15 bits per heavy atom. The number of ether oxygens (including phenoxy) is 1. The molecule has 1 saturated heterocycles. The standard InChI is InChI=1S/C23H26Cl2N2O5S/c1-2-3-13-32-23(29)16-6-9-19(10-7-16)26-22(28)17-5-4-12-27(15-17)33(30,31)21-14-18(24)8-11-20(21)25/h6-11,14,17H,2-5,12-13,15H2,1H3,(H,26,28)/t17-/m1/s1. The van der Waals surface area contributed by atoms with Crippen LogP contribution in [0.2, 0.25) is 10.0 Å². The number of rotatable bonds is 8. The number of benzene rings is 2. The molecule has 10 heteroatoms. The second-order valence-corrected chi connectivity index (χ2v) is 10.6. The fourth-order valence-corrected chi connectivity index (χ4v) is 5.78. The number of sulfonamides is 1. The topological polar surface area (TPSA) is 92.8 Å². The summed E-state index contributed by atoms with van der Waals surface area (Å²) in [6.07, 6.45) is 2.84. The van der Waals surface area contributed by atoms with Crippen molar-refractivity contribution in [2.24, 2.45) is 5.92 Å². The van der Waals surface area contributed by atoms with Crippen molar-refractivity contribution in [3.8, 4) is 0 Å². The molecule has 1 aliphatic heterocycles. The third-order valence-corrected chi connectivity index (χ3v) is 7.97. The Bertz CT molecular complexity index is 1110. The zero-order valence-electron chi connectivity index (χ0n) is 18.2. The molecule has 0 radical (unpaired) electrons. The van der Waals surface area contributed by atoms with Crippen LogP contribution in [0.15, 0.2) is 47.4 Å². The van der Waals surface area contributed by atoms with Crippen molar-refractivity contribution in [2.75, 3.05) is 25.0 Å². The van der Waals surface area contributed by atoms with E-state index in [1.165, 1.54) is 22.5 Å². The number of halogens is 2. The summed E-state index contributed by atoms with van der Waals surface area (Å²) in [6, 6.07) is 10.7. The van der Waals surface area contributed by atoms with Crippen LogP contribution in [0.4, 0.5) is 5.69 Å². The number of amides is 1. The number of nitrogens with zero attached hydrogens (tertiary/aromatic N) is 1. The van der Waals surface area contributed by atoms with Crippen molar-refractivity contribution in [2.45, 2.75) is 37.5 Å². The Hall–Kier alpha value is -2.13. The van der Waals surface area contributed by atoms with E-state index >= 15 is 0 Å². The second-order valence-electron chi connectivity index (χ2n) is 7.83. The van der Waals surface area contributed by atoms with Gasteiger partial charge in [0.25, 0.3) is 0 Å². The van der Waals surface area contributed by atoms with E-state index in [2.05, 4.69) is 5.32 Å². The minimum Gasteiger partial charge on any atom is -0.462 e. The largest absolute Gasteiger partial charge is 0.462 e. The van der Waals surface area contributed by atoms with Gasteiger partial charge in [0, 0.05) is 23.8 Å². The van der Waals surface area contributed by atoms with Gasteiger partial charge in [0.05, 0.1) is 23.1 Å². The lowest BCUT2D eigenvalue weighted by Crippen LogP contribution is -2.43. The van der Waals surface area contributed by atoms with Crippen LogP contribution >= 0.6 is 23.2 Å². The summed E-state index contributed by atoms with van der Waals surface area (Å²) in [4.78, 5) is 24.8. The molecule has 178 valence electrons. The first-order valence-electron chi connectivity index (χ1n) is 10.8. The molecule has 7 nitrogen and oxygen atoms in total. The van der Waals surface area contributed by atoms with E-state index in [1.807, 2.05) is 6.92 Å². The summed E-state index contributed by atoms with van der Waals surface area (Å²) in [7, 11) is -3.89. The maximum Gasteiger partial charge on any atom is 0.338 e. The van der Waals surface area contributed by atoms with Crippen molar-refractivity contribution in [3.05, 3.63) is 58.1 Å². The van der Waals surface area contributed by atoms with Crippen molar-refractivity contribution < 1.29 is 22.7 Å². The molecule has 2 aromatic rings. The van der Waals surface area contributed by atoms with Gasteiger partial charge in [-0.2, -0.15) is 4.31 Å². The predicted octanol–water partition coefficient (Wildman–Crippen LogP) is 4.99. The Balaban J connectivity index is 1.64. The number of unbranched alkanes of at least 4 members (excludes halogenated alkanes) is 1. The second kappa shape index (κ2) is 11.3. The molecule has 0 bridgehead atoms. The summed E-state index contributed by atoms with van der Waals surface area (Å²) < 4.78 is 32.6. The minimum atomic E-state index is -3.89. The molecule has 1 atom stereocenters. The summed E-state index contributed by atoms with van der Waals surface area (Å²) in [5, 5.41) is 3.15. The lowest BCUT2D eigenvalue weighted by Gasteiger charge is -2.31. The number of anilines is 1. The molecule has 1 heterocycles. The molecule has 0 spiro atoms. The van der Waals surface area contributed by atoms with E-state index in [4.69, 9.17) is 27.9 Å². The molecule has 1 amide bonds. The summed E-state index contributed by atoms with van der Waals surface area (Å²) in [5.74, 6) is -1.22. The quantitative estimate of drug-likeness (QED) is 0.397. The third-order valence-electron chi connectivity index (χ3n) is 5.39. The summed E-state index contributed by atoms with van der Waals surface area (Å²) >= 11 is 12.1. The molecule has 1 N–H and O–H groups in total. The van der Waals surface area contributed by atoms with Gasteiger partial charge in [-0.05, 0) is 61.7 Å². The van der Waals surface area contributed by atoms with Crippen molar-refractivity contribution in [1.29, 1.82) is 0 Å². The first kappa shape index (κ1) is 25.5. The number of esters is 1. The maximum atomic E-state index is 13.1. The summed E-state index contributed by atoms with van der Waals surface area (Å²) in [6.45, 7) is 2.72. The number of carbonyl (C=O) groups excluding carboxylic acids is 2. The molecule has 1 aliphatic rings. The monoisotopic (exact) mass is 512 g/mol. The van der Waals surface area contributed by atoms with Crippen molar-refractivity contribution in [3.63, 3.8) is 0 Å². The molecule has 1 fully saturated rings. The van der Waals surface area contributed by atoms with Gasteiger partial charge in [-0.1, -0.05) is 36.5 Å². The van der Waals surface area contributed by atoms with Crippen LogP contribution in [0.3, 0.4) is 0 Å². The highest BCUT2D eigenvalue weighted by Gasteiger charge is 2.34. The zero-order valence-corrected chi connectivity index (χ0v) is 20.5. The SMILES string of the molecule is CCCCOC(=O)c1ccc(NC(=O)[C@@H]2CCCN(S(=O)(=O)c3cc(Cl)ccc3Cl)C2)cc1. The fraction of sp³-hybridized carbons (Fsp3) is 0.391. The molecule has 2 aromatic carbocycles. The Kier molecular flexibility index (Phi) is 8.75. The Morgan fingerprint density at radius 2 is 1.88 bits per heavy atom. The third kappa shape index (κ3) is 6.47. The van der Waals surface area contributed by atoms with E-state index in [9.17, 15) is 18.0 Å². The Labute approximate surface area is 204 Å². The van der Waals surface area contributed by atoms with Crippen molar-refractivity contribution >= 4 is 50.8 Å². The molecule has 0 aromatic heterocycles. The van der Waals surface area contributed by atoms with Crippen LogP contribution in [0, 0.1) is 5.92 Å². The first-order valence-corrected chi connectivity index (χ1v) is 12.9. The van der Waals surface area contributed by atoms with E-state index in [-0.39, 0.29) is 27.4 Å². The van der Waals surface area contributed by atoms with Crippen LogP contribution in [-0.2, 0) is 19.6 Å². The normalized spacial score (nSPS) is 16.9. The van der Waals surface area contributed by atoms with E-state index < -0.39 is 21.9 Å². The van der Waals surface area contributed by atoms with Crippen LogP contribution in [0.25, 0.3) is 0 Å². The van der Waals surface area contributed by atoms with Gasteiger partial charge in [0.1, 0.15) is 4.90 Å². The van der Waals surface area contributed by atoms with Gasteiger partial charge in [-0.15, -0.1) is 0 Å². The van der Waals surface area contributed by atoms with Crippen LogP contribution in [0.5, 0.6) is 0 Å². The number of hydrogen-bond acceptors (Lipinski definition) is 5. The highest BCUT2D eigenvalue weighted by atomic mass is 35.5. The fourth-order valence-electron chi connectivity index (χ4n) is 3.52. The van der Waals surface area contributed by atoms with E-state index in [1.54, 1.807) is 24.3 Å². The smallest absolute Gasteiger partial charge is 0.338 e. The predicted molar refractivity (Wildman–Crippen MR) is 128 cm³/mol. The van der Waals surface area contributed by atoms with Gasteiger partial charge >= 0.3 is 5.97 Å². The Morgan fingerprint density at radius 3 is 2.58 bits per heavy atom. The molecule has 0 aliphatic carbocycles. The van der Waals surface area contributed by atoms with Crippen LogP contribution in [0.1, 0.15) is 43.0 Å². The average Bonchev–Trinajstić information content (AvgIpc) is 2.81. The van der Waals surface area contributed by atoms with Crippen molar-refractivity contribution in [1.82, 2.24) is 4.31 Å². The molecule has 0 unspecified atom stereocenters. The number of carbonyl (C=O) groups is 2. The number of piperidine rings is 1. The minimum absolute atomic E-state index is 0.0405. The van der Waals surface area contributed by atoms with E-state index in [0.29, 0.717) is 37.2 Å². The lowest BCUT2D eigenvalue weighted by atomic mass is 9.98. The van der Waals surface area contributed by atoms with Crippen LogP contribution < -0.4 is 5.32 Å². The first-order chi connectivity index (χ1) is 15.7. The van der Waals surface area contributed by atoms with E-state index in [0.717, 1.165) is 12.8 Å². The van der Waals surface area contributed by atoms with Gasteiger partial charge < -0.3 is 10.1 Å². The number of nitrogens with one attached hydrogen (secondary N) is 1. The maximum absolute atomic E-state index is 13.1. The molecule has 3 rings (SSSR count). The molecule has 0 saturated carbocycles. The highest BCUT2D eigenvalue weighted by molar-refractivity contribution is 7.89. The average molecular weight is 513 g/mol. The molecular formula is C23H26Cl2N2O5S. The van der Waals surface area contributed by atoms with Gasteiger partial charge in [-0.3, -0.25) is 4.79 Å². The van der Waals surface area contributed by atoms with Gasteiger partial charge in [0.15, 0.2) is 0 Å². The molecular weight excluding hydrogens is 487 g/mol. The summed E-state index contributed by atoms with van der Waals surface area (Å²) in [5.41, 5.74) is 0.917. The highest BCUT2D eigenvalue weighted by Crippen LogP contribution is 2.30. The zero-order chi connectivity index (χ0) is 24.0. The lowest BCUT2D eigenvalue weighted by molar-refractivity contribution is -0.120. The molecule has 33 heavy (non-hydrogen) atoms.